The molecular weight excluding hydrogens is 286 g/mol. The fraction of sp³-hybridized carbons (Fsp3) is 0.467. The smallest absolute Gasteiger partial charge is 0.254 e. The SMILES string of the molecule is CC(NC(=O)CN1C(=O)C=CC1=O)C(=O)NCC=C1CCC1. The molecule has 1 atom stereocenters. The van der Waals surface area contributed by atoms with Crippen molar-refractivity contribution < 1.29 is 19.2 Å². The number of nitrogens with one attached hydrogen (secondary N) is 2. The van der Waals surface area contributed by atoms with Crippen LogP contribution in [0.4, 0.5) is 0 Å². The quantitative estimate of drug-likeness (QED) is 0.517. The van der Waals surface area contributed by atoms with E-state index < -0.39 is 23.8 Å². The summed E-state index contributed by atoms with van der Waals surface area (Å²) in [7, 11) is 0. The standard InChI is InChI=1S/C15H19N3O4/c1-10(15(22)16-8-7-11-3-2-4-11)17-12(19)9-18-13(20)5-6-14(18)21/h5-7,10H,2-4,8-9H2,1H3,(H,16,22)(H,17,19). The van der Waals surface area contributed by atoms with E-state index in [-0.39, 0.29) is 12.5 Å². The number of hydrogen-bond donors (Lipinski definition) is 2. The minimum Gasteiger partial charge on any atom is -0.351 e. The lowest BCUT2D eigenvalue weighted by molar-refractivity contribution is -0.141. The molecule has 4 amide bonds. The van der Waals surface area contributed by atoms with E-state index in [4.69, 9.17) is 0 Å². The predicted octanol–water partition coefficient (Wildman–Crippen LogP) is -0.357. The van der Waals surface area contributed by atoms with Gasteiger partial charge in [-0.15, -0.1) is 0 Å². The van der Waals surface area contributed by atoms with Crippen molar-refractivity contribution in [1.29, 1.82) is 0 Å². The van der Waals surface area contributed by atoms with Crippen molar-refractivity contribution in [3.63, 3.8) is 0 Å². The summed E-state index contributed by atoms with van der Waals surface area (Å²) >= 11 is 0. The van der Waals surface area contributed by atoms with Gasteiger partial charge >= 0.3 is 0 Å². The van der Waals surface area contributed by atoms with Crippen LogP contribution in [0.1, 0.15) is 26.2 Å². The highest BCUT2D eigenvalue weighted by Crippen LogP contribution is 2.24. The first-order chi connectivity index (χ1) is 10.5. The monoisotopic (exact) mass is 305 g/mol. The number of carbonyl (C=O) groups excluding carboxylic acids is 4. The molecule has 1 aliphatic carbocycles. The number of rotatable bonds is 6. The van der Waals surface area contributed by atoms with E-state index in [0.717, 1.165) is 29.9 Å². The van der Waals surface area contributed by atoms with Crippen LogP contribution >= 0.6 is 0 Å². The summed E-state index contributed by atoms with van der Waals surface area (Å²) in [6.45, 7) is 1.61. The molecule has 1 saturated carbocycles. The van der Waals surface area contributed by atoms with Gasteiger partial charge in [-0.1, -0.05) is 11.6 Å². The molecule has 1 unspecified atom stereocenters. The number of amides is 4. The van der Waals surface area contributed by atoms with Crippen molar-refractivity contribution in [2.75, 3.05) is 13.1 Å². The van der Waals surface area contributed by atoms with Gasteiger partial charge in [-0.05, 0) is 26.2 Å². The molecule has 0 saturated heterocycles. The molecule has 2 N–H and O–H groups in total. The summed E-state index contributed by atoms with van der Waals surface area (Å²) in [4.78, 5) is 47.1. The first-order valence-electron chi connectivity index (χ1n) is 7.26. The van der Waals surface area contributed by atoms with Crippen molar-refractivity contribution in [3.05, 3.63) is 23.8 Å². The molecule has 7 heteroatoms. The summed E-state index contributed by atoms with van der Waals surface area (Å²) < 4.78 is 0. The maximum Gasteiger partial charge on any atom is 0.254 e. The summed E-state index contributed by atoms with van der Waals surface area (Å²) in [5.41, 5.74) is 1.34. The van der Waals surface area contributed by atoms with Gasteiger partial charge in [0.15, 0.2) is 0 Å². The highest BCUT2D eigenvalue weighted by molar-refractivity contribution is 6.14. The molecule has 1 heterocycles. The molecular formula is C15H19N3O4. The van der Waals surface area contributed by atoms with Gasteiger partial charge in [0, 0.05) is 18.7 Å². The second kappa shape index (κ2) is 7.02. The molecule has 0 aromatic rings. The minimum atomic E-state index is -0.729. The molecule has 2 aliphatic rings. The van der Waals surface area contributed by atoms with Gasteiger partial charge in [-0.2, -0.15) is 0 Å². The molecule has 0 aromatic carbocycles. The third kappa shape index (κ3) is 4.03. The van der Waals surface area contributed by atoms with Gasteiger partial charge in [-0.3, -0.25) is 24.1 Å². The number of nitrogens with zero attached hydrogens (tertiary/aromatic N) is 1. The van der Waals surface area contributed by atoms with Gasteiger partial charge in [-0.25, -0.2) is 0 Å². The Kier molecular flexibility index (Phi) is 5.08. The van der Waals surface area contributed by atoms with E-state index in [1.165, 1.54) is 12.0 Å². The molecule has 7 nitrogen and oxygen atoms in total. The first-order valence-corrected chi connectivity index (χ1v) is 7.26. The van der Waals surface area contributed by atoms with Crippen LogP contribution < -0.4 is 10.6 Å². The first kappa shape index (κ1) is 15.9. The lowest BCUT2D eigenvalue weighted by Crippen LogP contribution is -2.48. The van der Waals surface area contributed by atoms with Gasteiger partial charge < -0.3 is 10.6 Å². The van der Waals surface area contributed by atoms with Crippen LogP contribution in [0.25, 0.3) is 0 Å². The molecule has 0 spiro atoms. The predicted molar refractivity (Wildman–Crippen MR) is 78.4 cm³/mol. The maximum atomic E-state index is 11.8. The Hall–Kier alpha value is -2.44. The third-order valence-electron chi connectivity index (χ3n) is 3.64. The van der Waals surface area contributed by atoms with Gasteiger partial charge in [0.1, 0.15) is 12.6 Å². The fourth-order valence-electron chi connectivity index (χ4n) is 2.12. The molecule has 0 aromatic heterocycles. The van der Waals surface area contributed by atoms with E-state index in [2.05, 4.69) is 10.6 Å². The average Bonchev–Trinajstić information content (AvgIpc) is 2.73. The summed E-state index contributed by atoms with van der Waals surface area (Å²) in [6, 6.07) is -0.729. The highest BCUT2D eigenvalue weighted by atomic mass is 16.2. The van der Waals surface area contributed by atoms with Crippen LogP contribution in [-0.4, -0.2) is 47.7 Å². The Bertz CT molecular complexity index is 541. The largest absolute Gasteiger partial charge is 0.351 e. The maximum absolute atomic E-state index is 11.8. The van der Waals surface area contributed by atoms with Crippen molar-refractivity contribution in [3.8, 4) is 0 Å². The Morgan fingerprint density at radius 2 is 1.91 bits per heavy atom. The van der Waals surface area contributed by atoms with Crippen molar-refractivity contribution in [2.24, 2.45) is 0 Å². The summed E-state index contributed by atoms with van der Waals surface area (Å²) in [5.74, 6) is -1.90. The van der Waals surface area contributed by atoms with Crippen molar-refractivity contribution >= 4 is 23.6 Å². The van der Waals surface area contributed by atoms with Gasteiger partial charge in [0.2, 0.25) is 11.8 Å². The molecule has 0 radical (unpaired) electrons. The second-order valence-corrected chi connectivity index (χ2v) is 5.35. The van der Waals surface area contributed by atoms with Gasteiger partial charge in [0.05, 0.1) is 0 Å². The van der Waals surface area contributed by atoms with E-state index in [0.29, 0.717) is 6.54 Å². The van der Waals surface area contributed by atoms with Crippen LogP contribution in [-0.2, 0) is 19.2 Å². The molecule has 118 valence electrons. The van der Waals surface area contributed by atoms with Crippen LogP contribution in [0.5, 0.6) is 0 Å². The van der Waals surface area contributed by atoms with Gasteiger partial charge in [0.25, 0.3) is 11.8 Å². The lowest BCUT2D eigenvalue weighted by Gasteiger charge is -2.18. The highest BCUT2D eigenvalue weighted by Gasteiger charge is 2.26. The van der Waals surface area contributed by atoms with E-state index in [9.17, 15) is 19.2 Å². The number of allylic oxidation sites excluding steroid dienone is 1. The zero-order chi connectivity index (χ0) is 16.1. The molecule has 1 aliphatic heterocycles. The average molecular weight is 305 g/mol. The van der Waals surface area contributed by atoms with Crippen molar-refractivity contribution in [2.45, 2.75) is 32.2 Å². The second-order valence-electron chi connectivity index (χ2n) is 5.35. The Morgan fingerprint density at radius 3 is 2.45 bits per heavy atom. The third-order valence-corrected chi connectivity index (χ3v) is 3.64. The zero-order valence-corrected chi connectivity index (χ0v) is 12.4. The summed E-state index contributed by atoms with van der Waals surface area (Å²) in [6.07, 6.45) is 7.60. The number of carbonyl (C=O) groups is 4. The Morgan fingerprint density at radius 1 is 1.27 bits per heavy atom. The Labute approximate surface area is 128 Å². The van der Waals surface area contributed by atoms with Crippen molar-refractivity contribution in [1.82, 2.24) is 15.5 Å². The number of hydrogen-bond acceptors (Lipinski definition) is 4. The van der Waals surface area contributed by atoms with Crippen LogP contribution in [0.3, 0.4) is 0 Å². The molecule has 0 bridgehead atoms. The normalized spacial score (nSPS) is 18.0. The zero-order valence-electron chi connectivity index (χ0n) is 12.4. The van der Waals surface area contributed by atoms with Crippen LogP contribution in [0, 0.1) is 0 Å². The fourth-order valence-corrected chi connectivity index (χ4v) is 2.12. The molecule has 22 heavy (non-hydrogen) atoms. The Balaban J connectivity index is 1.72. The lowest BCUT2D eigenvalue weighted by atomic mass is 9.92. The molecule has 1 fully saturated rings. The summed E-state index contributed by atoms with van der Waals surface area (Å²) in [5, 5.41) is 5.18. The molecule has 2 rings (SSSR count). The topological polar surface area (TPSA) is 95.6 Å². The van der Waals surface area contributed by atoms with E-state index in [1.54, 1.807) is 6.92 Å². The minimum absolute atomic E-state index is 0.304. The number of imide groups is 1. The van der Waals surface area contributed by atoms with E-state index in [1.807, 2.05) is 6.08 Å². The van der Waals surface area contributed by atoms with E-state index >= 15 is 0 Å². The van der Waals surface area contributed by atoms with Crippen LogP contribution in [0.15, 0.2) is 23.8 Å². The van der Waals surface area contributed by atoms with Crippen LogP contribution in [0.2, 0.25) is 0 Å².